The molecule has 110 valence electrons. The number of carboxylic acid groups (broad SMARTS) is 1. The van der Waals surface area contributed by atoms with Crippen LogP contribution in [0.25, 0.3) is 10.9 Å². The molecular weight excluding hydrogens is 276 g/mol. The Morgan fingerprint density at radius 1 is 1.33 bits per heavy atom. The van der Waals surface area contributed by atoms with Crippen LogP contribution in [0, 0.1) is 17.6 Å². The molecular formula is C16H15F2NO2. The largest absolute Gasteiger partial charge is 0.478 e. The van der Waals surface area contributed by atoms with Crippen LogP contribution in [0.15, 0.2) is 12.1 Å². The lowest BCUT2D eigenvalue weighted by Crippen LogP contribution is -2.21. The minimum Gasteiger partial charge on any atom is -0.478 e. The SMILES string of the molecule is CC1Cc2c(nc3c(F)cc(F)cc3c2C(=O)O)C(C)C1. The number of carbonyl (C=O) groups is 1. The molecule has 0 amide bonds. The molecule has 0 saturated carbocycles. The highest BCUT2D eigenvalue weighted by Crippen LogP contribution is 2.38. The van der Waals surface area contributed by atoms with Gasteiger partial charge in [0.15, 0.2) is 5.82 Å². The Morgan fingerprint density at radius 2 is 2.05 bits per heavy atom. The summed E-state index contributed by atoms with van der Waals surface area (Å²) in [6.45, 7) is 4.00. The first-order valence-corrected chi connectivity index (χ1v) is 6.93. The van der Waals surface area contributed by atoms with Crippen molar-refractivity contribution in [3.05, 3.63) is 40.6 Å². The summed E-state index contributed by atoms with van der Waals surface area (Å²) in [5, 5.41) is 9.56. The lowest BCUT2D eigenvalue weighted by atomic mass is 9.79. The first-order valence-electron chi connectivity index (χ1n) is 6.93. The van der Waals surface area contributed by atoms with Gasteiger partial charge in [-0.05, 0) is 36.3 Å². The number of carboxylic acids is 1. The zero-order chi connectivity index (χ0) is 15.3. The smallest absolute Gasteiger partial charge is 0.336 e. The van der Waals surface area contributed by atoms with Gasteiger partial charge in [0.2, 0.25) is 0 Å². The Labute approximate surface area is 120 Å². The first-order chi connectivity index (χ1) is 9.88. The van der Waals surface area contributed by atoms with E-state index >= 15 is 0 Å². The van der Waals surface area contributed by atoms with Crippen LogP contribution in [0.1, 0.15) is 47.8 Å². The minimum absolute atomic E-state index is 0.00759. The van der Waals surface area contributed by atoms with Crippen molar-refractivity contribution >= 4 is 16.9 Å². The first kappa shape index (κ1) is 13.9. The standard InChI is InChI=1S/C16H15F2NO2/c1-7-3-8(2)14-10(4-7)13(16(20)21)11-5-9(17)6-12(18)15(11)19-14/h5-8H,3-4H2,1-2H3,(H,20,21). The van der Waals surface area contributed by atoms with Crippen LogP contribution in [0.2, 0.25) is 0 Å². The topological polar surface area (TPSA) is 50.2 Å². The summed E-state index contributed by atoms with van der Waals surface area (Å²) in [6, 6.07) is 1.79. The molecule has 0 fully saturated rings. The number of hydrogen-bond donors (Lipinski definition) is 1. The molecule has 1 aliphatic carbocycles. The summed E-state index contributed by atoms with van der Waals surface area (Å²) < 4.78 is 27.4. The lowest BCUT2D eigenvalue weighted by Gasteiger charge is -2.28. The summed E-state index contributed by atoms with van der Waals surface area (Å²) in [5.41, 5.74) is 1.18. The maximum atomic E-state index is 14.0. The molecule has 0 aliphatic heterocycles. The molecule has 2 aromatic rings. The Balaban J connectivity index is 2.45. The number of nitrogens with zero attached hydrogens (tertiary/aromatic N) is 1. The van der Waals surface area contributed by atoms with Crippen LogP contribution in [-0.4, -0.2) is 16.1 Å². The van der Waals surface area contributed by atoms with E-state index in [1.807, 2.05) is 13.8 Å². The van der Waals surface area contributed by atoms with E-state index in [-0.39, 0.29) is 22.4 Å². The summed E-state index contributed by atoms with van der Waals surface area (Å²) in [5.74, 6) is -2.38. The van der Waals surface area contributed by atoms with Gasteiger partial charge in [-0.2, -0.15) is 0 Å². The summed E-state index contributed by atoms with van der Waals surface area (Å²) in [6.07, 6.45) is 1.45. The monoisotopic (exact) mass is 291 g/mol. The van der Waals surface area contributed by atoms with Gasteiger partial charge in [0.05, 0.1) is 5.56 Å². The van der Waals surface area contributed by atoms with Crippen LogP contribution in [0.3, 0.4) is 0 Å². The molecule has 0 radical (unpaired) electrons. The van der Waals surface area contributed by atoms with E-state index in [0.717, 1.165) is 18.6 Å². The molecule has 21 heavy (non-hydrogen) atoms. The number of pyridine rings is 1. The van der Waals surface area contributed by atoms with Gasteiger partial charge in [-0.1, -0.05) is 13.8 Å². The third-order valence-corrected chi connectivity index (χ3v) is 4.13. The molecule has 3 rings (SSSR count). The molecule has 2 atom stereocenters. The second kappa shape index (κ2) is 4.76. The highest BCUT2D eigenvalue weighted by Gasteiger charge is 2.30. The average molecular weight is 291 g/mol. The van der Waals surface area contributed by atoms with E-state index in [0.29, 0.717) is 23.6 Å². The maximum absolute atomic E-state index is 14.0. The van der Waals surface area contributed by atoms with Gasteiger partial charge in [0, 0.05) is 17.1 Å². The molecule has 0 bridgehead atoms. The van der Waals surface area contributed by atoms with E-state index in [2.05, 4.69) is 4.98 Å². The van der Waals surface area contributed by atoms with Crippen molar-refractivity contribution in [1.29, 1.82) is 0 Å². The zero-order valence-electron chi connectivity index (χ0n) is 11.8. The molecule has 1 aromatic heterocycles. The molecule has 3 nitrogen and oxygen atoms in total. The minimum atomic E-state index is -1.16. The van der Waals surface area contributed by atoms with Crippen LogP contribution in [0.5, 0.6) is 0 Å². The molecule has 0 saturated heterocycles. The van der Waals surface area contributed by atoms with Gasteiger partial charge in [-0.25, -0.2) is 18.6 Å². The highest BCUT2D eigenvalue weighted by molar-refractivity contribution is 6.04. The summed E-state index contributed by atoms with van der Waals surface area (Å²) in [7, 11) is 0. The molecule has 1 N–H and O–H groups in total. The number of benzene rings is 1. The van der Waals surface area contributed by atoms with Crippen molar-refractivity contribution in [3.63, 3.8) is 0 Å². The van der Waals surface area contributed by atoms with Crippen molar-refractivity contribution in [2.24, 2.45) is 5.92 Å². The third kappa shape index (κ3) is 2.17. The van der Waals surface area contributed by atoms with E-state index in [1.54, 1.807) is 0 Å². The molecule has 1 aromatic carbocycles. The van der Waals surface area contributed by atoms with Gasteiger partial charge in [-0.15, -0.1) is 0 Å². The lowest BCUT2D eigenvalue weighted by molar-refractivity contribution is 0.0697. The number of aromatic nitrogens is 1. The second-order valence-electron chi connectivity index (χ2n) is 5.89. The second-order valence-corrected chi connectivity index (χ2v) is 5.89. The molecule has 1 aliphatic rings. The van der Waals surface area contributed by atoms with Gasteiger partial charge < -0.3 is 5.11 Å². The van der Waals surface area contributed by atoms with E-state index in [1.165, 1.54) is 0 Å². The zero-order valence-corrected chi connectivity index (χ0v) is 11.8. The predicted octanol–water partition coefficient (Wildman–Crippen LogP) is 3.90. The fourth-order valence-electron chi connectivity index (χ4n) is 3.35. The molecule has 1 heterocycles. The van der Waals surface area contributed by atoms with Crippen molar-refractivity contribution in [2.75, 3.05) is 0 Å². The van der Waals surface area contributed by atoms with Gasteiger partial charge in [-0.3, -0.25) is 0 Å². The Morgan fingerprint density at radius 3 is 2.71 bits per heavy atom. The fourth-order valence-corrected chi connectivity index (χ4v) is 3.35. The number of fused-ring (bicyclic) bond motifs is 2. The quantitative estimate of drug-likeness (QED) is 0.867. The van der Waals surface area contributed by atoms with Crippen molar-refractivity contribution in [2.45, 2.75) is 32.6 Å². The summed E-state index contributed by atoms with van der Waals surface area (Å²) >= 11 is 0. The van der Waals surface area contributed by atoms with E-state index in [9.17, 15) is 18.7 Å². The summed E-state index contributed by atoms with van der Waals surface area (Å²) in [4.78, 5) is 16.0. The normalized spacial score (nSPS) is 21.3. The van der Waals surface area contributed by atoms with Gasteiger partial charge in [0.25, 0.3) is 0 Å². The van der Waals surface area contributed by atoms with Crippen molar-refractivity contribution in [3.8, 4) is 0 Å². The van der Waals surface area contributed by atoms with Crippen LogP contribution < -0.4 is 0 Å². The number of halogens is 2. The fraction of sp³-hybridized carbons (Fsp3) is 0.375. The number of hydrogen-bond acceptors (Lipinski definition) is 2. The molecule has 2 unspecified atom stereocenters. The van der Waals surface area contributed by atoms with Crippen molar-refractivity contribution in [1.82, 2.24) is 4.98 Å². The number of rotatable bonds is 1. The Bertz CT molecular complexity index is 758. The van der Waals surface area contributed by atoms with Crippen molar-refractivity contribution < 1.29 is 18.7 Å². The molecule has 5 heteroatoms. The van der Waals surface area contributed by atoms with Gasteiger partial charge >= 0.3 is 5.97 Å². The van der Waals surface area contributed by atoms with E-state index < -0.39 is 17.6 Å². The average Bonchev–Trinajstić information content (AvgIpc) is 2.35. The Kier molecular flexibility index (Phi) is 3.15. The maximum Gasteiger partial charge on any atom is 0.336 e. The van der Waals surface area contributed by atoms with Crippen LogP contribution in [0.4, 0.5) is 8.78 Å². The number of aromatic carboxylic acids is 1. The molecule has 0 spiro atoms. The predicted molar refractivity (Wildman–Crippen MR) is 74.5 cm³/mol. The highest BCUT2D eigenvalue weighted by atomic mass is 19.1. The van der Waals surface area contributed by atoms with Crippen LogP contribution >= 0.6 is 0 Å². The van der Waals surface area contributed by atoms with Gasteiger partial charge in [0.1, 0.15) is 11.3 Å². The van der Waals surface area contributed by atoms with Crippen LogP contribution in [-0.2, 0) is 6.42 Å². The Hall–Kier alpha value is -2.04. The third-order valence-electron chi connectivity index (χ3n) is 4.13. The van der Waals surface area contributed by atoms with E-state index in [4.69, 9.17) is 0 Å².